The second-order valence-electron chi connectivity index (χ2n) is 4.49. The van der Waals surface area contributed by atoms with E-state index in [9.17, 15) is 4.79 Å². The lowest BCUT2D eigenvalue weighted by Crippen LogP contribution is -2.25. The Kier molecular flexibility index (Phi) is 4.85. The highest BCUT2D eigenvalue weighted by atomic mass is 79.9. The second kappa shape index (κ2) is 6.41. The summed E-state index contributed by atoms with van der Waals surface area (Å²) in [6.07, 6.45) is 0.463. The first-order valence-corrected chi connectivity index (χ1v) is 7.41. The van der Waals surface area contributed by atoms with E-state index in [1.54, 1.807) is 0 Å². The molecule has 19 heavy (non-hydrogen) atoms. The topological polar surface area (TPSA) is 69.1 Å². The summed E-state index contributed by atoms with van der Waals surface area (Å²) in [5.74, 6) is 0.249. The number of rotatable bonds is 4. The standard InChI is InChI=1S/C12H12Br2N4O/c13-10-1-2-11(14)9(4-10)7-18-6-8(3-12(18)19)5-16-17-15/h1-2,4,8H,3,5-7H2. The molecule has 0 saturated carbocycles. The van der Waals surface area contributed by atoms with E-state index in [2.05, 4.69) is 41.9 Å². The van der Waals surface area contributed by atoms with E-state index in [1.165, 1.54) is 0 Å². The lowest BCUT2D eigenvalue weighted by atomic mass is 10.1. The number of azide groups is 1. The highest BCUT2D eigenvalue weighted by Gasteiger charge is 2.29. The SMILES string of the molecule is [N-]=[N+]=NCC1CC(=O)N(Cc2cc(Br)ccc2Br)C1. The fourth-order valence-electron chi connectivity index (χ4n) is 2.15. The Labute approximate surface area is 127 Å². The zero-order valence-electron chi connectivity index (χ0n) is 10.1. The molecule has 2 rings (SSSR count). The van der Waals surface area contributed by atoms with Crippen molar-refractivity contribution in [2.45, 2.75) is 13.0 Å². The lowest BCUT2D eigenvalue weighted by molar-refractivity contribution is -0.128. The van der Waals surface area contributed by atoms with Gasteiger partial charge in [-0.15, -0.1) is 0 Å². The van der Waals surface area contributed by atoms with Gasteiger partial charge in [-0.25, -0.2) is 0 Å². The van der Waals surface area contributed by atoms with Crippen LogP contribution in [0.2, 0.25) is 0 Å². The molecule has 1 aliphatic rings. The Hall–Kier alpha value is -1.04. The summed E-state index contributed by atoms with van der Waals surface area (Å²) in [4.78, 5) is 16.5. The van der Waals surface area contributed by atoms with Crippen LogP contribution in [0.4, 0.5) is 0 Å². The first kappa shape index (κ1) is 14.4. The van der Waals surface area contributed by atoms with Gasteiger partial charge in [0.05, 0.1) is 0 Å². The molecule has 1 saturated heterocycles. The van der Waals surface area contributed by atoms with Crippen molar-refractivity contribution in [1.82, 2.24) is 4.90 Å². The molecule has 1 atom stereocenters. The van der Waals surface area contributed by atoms with Crippen molar-refractivity contribution in [2.75, 3.05) is 13.1 Å². The number of hydrogen-bond donors (Lipinski definition) is 0. The quantitative estimate of drug-likeness (QED) is 0.439. The first-order chi connectivity index (χ1) is 9.10. The number of carbonyl (C=O) groups excluding carboxylic acids is 1. The maximum atomic E-state index is 11.9. The van der Waals surface area contributed by atoms with Crippen LogP contribution in [-0.4, -0.2) is 23.9 Å². The Balaban J connectivity index is 2.05. The van der Waals surface area contributed by atoms with Gasteiger partial charge in [-0.2, -0.15) is 0 Å². The molecule has 0 spiro atoms. The zero-order chi connectivity index (χ0) is 13.8. The van der Waals surface area contributed by atoms with Crippen molar-refractivity contribution in [3.05, 3.63) is 43.2 Å². The third-order valence-corrected chi connectivity index (χ3v) is 4.33. The molecule has 1 fully saturated rings. The normalized spacial score (nSPS) is 18.5. The molecule has 100 valence electrons. The molecule has 1 heterocycles. The van der Waals surface area contributed by atoms with Crippen LogP contribution in [0.5, 0.6) is 0 Å². The molecule has 0 aromatic heterocycles. The van der Waals surface area contributed by atoms with Gasteiger partial charge in [-0.3, -0.25) is 4.79 Å². The number of nitrogens with zero attached hydrogens (tertiary/aromatic N) is 4. The number of carbonyl (C=O) groups is 1. The molecule has 1 unspecified atom stereocenters. The Bertz CT molecular complexity index is 543. The minimum atomic E-state index is 0.116. The Morgan fingerprint density at radius 1 is 1.47 bits per heavy atom. The molecular formula is C12H12Br2N4O. The predicted octanol–water partition coefficient (Wildman–Crippen LogP) is 3.87. The fraction of sp³-hybridized carbons (Fsp3) is 0.417. The van der Waals surface area contributed by atoms with Gasteiger partial charge in [0.2, 0.25) is 5.91 Å². The molecule has 0 bridgehead atoms. The highest BCUT2D eigenvalue weighted by Crippen LogP contribution is 2.26. The lowest BCUT2D eigenvalue weighted by Gasteiger charge is -2.17. The van der Waals surface area contributed by atoms with Crippen LogP contribution in [0.3, 0.4) is 0 Å². The molecule has 7 heteroatoms. The van der Waals surface area contributed by atoms with Gasteiger partial charge in [0.25, 0.3) is 0 Å². The average Bonchev–Trinajstić information content (AvgIpc) is 2.72. The van der Waals surface area contributed by atoms with E-state index in [0.717, 1.165) is 14.5 Å². The molecule has 5 nitrogen and oxygen atoms in total. The first-order valence-electron chi connectivity index (χ1n) is 5.82. The van der Waals surface area contributed by atoms with Gasteiger partial charge >= 0.3 is 0 Å². The number of benzene rings is 1. The van der Waals surface area contributed by atoms with Crippen LogP contribution in [-0.2, 0) is 11.3 Å². The number of likely N-dealkylation sites (tertiary alicyclic amines) is 1. The third kappa shape index (κ3) is 3.72. The molecular weight excluding hydrogens is 376 g/mol. The summed E-state index contributed by atoms with van der Waals surface area (Å²) in [6, 6.07) is 5.90. The van der Waals surface area contributed by atoms with E-state index in [1.807, 2.05) is 23.1 Å². The highest BCUT2D eigenvalue weighted by molar-refractivity contribution is 9.11. The maximum Gasteiger partial charge on any atom is 0.223 e. The van der Waals surface area contributed by atoms with E-state index in [-0.39, 0.29) is 11.8 Å². The van der Waals surface area contributed by atoms with Crippen LogP contribution in [0, 0.1) is 5.92 Å². The van der Waals surface area contributed by atoms with E-state index in [4.69, 9.17) is 5.53 Å². The fourth-order valence-corrected chi connectivity index (χ4v) is 2.93. The van der Waals surface area contributed by atoms with Crippen LogP contribution < -0.4 is 0 Å². The molecule has 1 aromatic rings. The zero-order valence-corrected chi connectivity index (χ0v) is 13.3. The van der Waals surface area contributed by atoms with Crippen molar-refractivity contribution < 1.29 is 4.79 Å². The van der Waals surface area contributed by atoms with E-state index >= 15 is 0 Å². The molecule has 0 aliphatic carbocycles. The van der Waals surface area contributed by atoms with Crippen molar-refractivity contribution in [2.24, 2.45) is 11.0 Å². The average molecular weight is 388 g/mol. The monoisotopic (exact) mass is 386 g/mol. The largest absolute Gasteiger partial charge is 0.338 e. The summed E-state index contributed by atoms with van der Waals surface area (Å²) in [6.45, 7) is 1.61. The predicted molar refractivity (Wildman–Crippen MR) is 79.4 cm³/mol. The van der Waals surface area contributed by atoms with Gasteiger partial charge in [-0.05, 0) is 35.2 Å². The van der Waals surface area contributed by atoms with Crippen molar-refractivity contribution in [3.63, 3.8) is 0 Å². The number of hydrogen-bond acceptors (Lipinski definition) is 2. The van der Waals surface area contributed by atoms with Crippen LogP contribution in [0.1, 0.15) is 12.0 Å². The van der Waals surface area contributed by atoms with Gasteiger partial charge < -0.3 is 4.90 Å². The molecule has 0 radical (unpaired) electrons. The minimum absolute atomic E-state index is 0.116. The van der Waals surface area contributed by atoms with Crippen molar-refractivity contribution in [1.29, 1.82) is 0 Å². The number of halogens is 2. The Morgan fingerprint density at radius 3 is 3.00 bits per heavy atom. The van der Waals surface area contributed by atoms with E-state index < -0.39 is 0 Å². The van der Waals surface area contributed by atoms with Crippen molar-refractivity contribution >= 4 is 37.8 Å². The summed E-state index contributed by atoms with van der Waals surface area (Å²) >= 11 is 6.92. The van der Waals surface area contributed by atoms with Crippen LogP contribution >= 0.6 is 31.9 Å². The molecule has 0 N–H and O–H groups in total. The molecule has 1 aliphatic heterocycles. The summed E-state index contributed by atoms with van der Waals surface area (Å²) in [5, 5.41) is 3.55. The minimum Gasteiger partial charge on any atom is -0.338 e. The Morgan fingerprint density at radius 2 is 2.26 bits per heavy atom. The third-order valence-electron chi connectivity index (χ3n) is 3.07. The number of amides is 1. The molecule has 1 aromatic carbocycles. The van der Waals surface area contributed by atoms with Gasteiger partial charge in [0, 0.05) is 39.9 Å². The van der Waals surface area contributed by atoms with Crippen LogP contribution in [0.15, 0.2) is 32.3 Å². The van der Waals surface area contributed by atoms with E-state index in [0.29, 0.717) is 26.1 Å². The molecule has 1 amide bonds. The van der Waals surface area contributed by atoms with Crippen LogP contribution in [0.25, 0.3) is 10.4 Å². The van der Waals surface area contributed by atoms with Gasteiger partial charge in [0.15, 0.2) is 0 Å². The van der Waals surface area contributed by atoms with Crippen molar-refractivity contribution in [3.8, 4) is 0 Å². The smallest absolute Gasteiger partial charge is 0.223 e. The summed E-state index contributed by atoms with van der Waals surface area (Å²) in [7, 11) is 0. The second-order valence-corrected chi connectivity index (χ2v) is 6.26. The summed E-state index contributed by atoms with van der Waals surface area (Å²) in [5.41, 5.74) is 9.37. The van der Waals surface area contributed by atoms with Gasteiger partial charge in [-0.1, -0.05) is 37.0 Å². The maximum absolute atomic E-state index is 11.9. The van der Waals surface area contributed by atoms with Gasteiger partial charge in [0.1, 0.15) is 0 Å². The summed E-state index contributed by atoms with van der Waals surface area (Å²) < 4.78 is 1.98.